The van der Waals surface area contributed by atoms with Crippen LogP contribution in [0.15, 0.2) is 39.6 Å². The van der Waals surface area contributed by atoms with E-state index in [4.69, 9.17) is 9.05 Å². The van der Waals surface area contributed by atoms with Crippen molar-refractivity contribution in [3.05, 3.63) is 47.9 Å². The lowest BCUT2D eigenvalue weighted by Crippen LogP contribution is -2.44. The summed E-state index contributed by atoms with van der Waals surface area (Å²) in [6.45, 7) is 2.85. The van der Waals surface area contributed by atoms with Crippen molar-refractivity contribution in [2.45, 2.75) is 6.54 Å². The van der Waals surface area contributed by atoms with Gasteiger partial charge in [-0.05, 0) is 12.1 Å². The van der Waals surface area contributed by atoms with Gasteiger partial charge in [0.2, 0.25) is 0 Å². The molecule has 4 rings (SSSR count). The lowest BCUT2D eigenvalue weighted by atomic mass is 10.1. The third kappa shape index (κ3) is 3.38. The van der Waals surface area contributed by atoms with Gasteiger partial charge in [-0.15, -0.1) is 0 Å². The monoisotopic (exact) mass is 361 g/mol. The van der Waals surface area contributed by atoms with Crippen LogP contribution in [0.2, 0.25) is 0 Å². The molecule has 0 amide bonds. The first-order valence-corrected chi connectivity index (χ1v) is 8.25. The van der Waals surface area contributed by atoms with Gasteiger partial charge in [0.15, 0.2) is 11.6 Å². The van der Waals surface area contributed by atoms with Crippen LogP contribution in [-0.2, 0) is 6.54 Å². The molecule has 0 atom stereocenters. The van der Waals surface area contributed by atoms with Crippen LogP contribution in [-0.4, -0.2) is 36.5 Å². The van der Waals surface area contributed by atoms with E-state index < -0.39 is 11.6 Å². The van der Waals surface area contributed by atoms with Gasteiger partial charge < -0.3 is 24.6 Å². The van der Waals surface area contributed by atoms with Gasteiger partial charge in [0.1, 0.15) is 29.3 Å². The highest BCUT2D eigenvalue weighted by Crippen LogP contribution is 2.30. The van der Waals surface area contributed by atoms with Crippen LogP contribution in [0.25, 0.3) is 11.3 Å². The third-order valence-corrected chi connectivity index (χ3v) is 4.19. The molecule has 0 saturated carbocycles. The van der Waals surface area contributed by atoms with E-state index in [9.17, 15) is 8.78 Å². The van der Waals surface area contributed by atoms with E-state index in [0.717, 1.165) is 0 Å². The zero-order chi connectivity index (χ0) is 17.9. The molecule has 2 N–H and O–H groups in total. The Morgan fingerprint density at radius 1 is 1.12 bits per heavy atom. The minimum Gasteiger partial charge on any atom is -0.364 e. The minimum absolute atomic E-state index is 0.00617. The molecule has 0 unspecified atom stereocenters. The molecule has 136 valence electrons. The Balaban J connectivity index is 1.52. The zero-order valence-corrected chi connectivity index (χ0v) is 13.8. The van der Waals surface area contributed by atoms with Crippen molar-refractivity contribution in [1.29, 1.82) is 0 Å². The Morgan fingerprint density at radius 3 is 2.58 bits per heavy atom. The molecule has 0 aliphatic carbocycles. The SMILES string of the molecule is Fc1cc(-c2cc(CNc3ccon3)on2)cc(F)c1N1CCNCC1. The molecule has 1 aliphatic rings. The molecular formula is C17H17F2N5O2. The number of nitrogens with zero attached hydrogens (tertiary/aromatic N) is 3. The molecule has 0 spiro atoms. The number of hydrogen-bond acceptors (Lipinski definition) is 7. The standard InChI is InChI=1S/C17H17F2N5O2/c18-13-7-11(8-14(19)17(13)24-4-2-20-3-5-24)15-9-12(26-22-15)10-21-16-1-6-25-23-16/h1,6-9,20H,2-5,10H2,(H,21,23). The Bertz CT molecular complexity index is 852. The zero-order valence-electron chi connectivity index (χ0n) is 13.8. The summed E-state index contributed by atoms with van der Waals surface area (Å²) in [4.78, 5) is 1.71. The van der Waals surface area contributed by atoms with Gasteiger partial charge in [0.05, 0.1) is 6.54 Å². The highest BCUT2D eigenvalue weighted by molar-refractivity contribution is 5.64. The Labute approximate surface area is 147 Å². The smallest absolute Gasteiger partial charge is 0.169 e. The number of aromatic nitrogens is 2. The number of piperazine rings is 1. The predicted octanol–water partition coefficient (Wildman–Crippen LogP) is 2.63. The van der Waals surface area contributed by atoms with E-state index in [1.807, 2.05) is 0 Å². The maximum atomic E-state index is 14.5. The van der Waals surface area contributed by atoms with Gasteiger partial charge in [-0.3, -0.25) is 0 Å². The Morgan fingerprint density at radius 2 is 1.88 bits per heavy atom. The number of rotatable bonds is 5. The molecule has 26 heavy (non-hydrogen) atoms. The van der Waals surface area contributed by atoms with Crippen LogP contribution in [0, 0.1) is 11.6 Å². The third-order valence-electron chi connectivity index (χ3n) is 4.19. The van der Waals surface area contributed by atoms with Crippen LogP contribution < -0.4 is 15.5 Å². The van der Waals surface area contributed by atoms with E-state index >= 15 is 0 Å². The Hall–Kier alpha value is -2.94. The van der Waals surface area contributed by atoms with Gasteiger partial charge >= 0.3 is 0 Å². The summed E-state index contributed by atoms with van der Waals surface area (Å²) in [6, 6.07) is 5.86. The molecule has 1 saturated heterocycles. The molecule has 0 radical (unpaired) electrons. The van der Waals surface area contributed by atoms with Gasteiger partial charge in [0, 0.05) is 43.9 Å². The number of anilines is 2. The molecule has 0 bridgehead atoms. The molecule has 1 fully saturated rings. The van der Waals surface area contributed by atoms with Crippen molar-refractivity contribution in [1.82, 2.24) is 15.6 Å². The van der Waals surface area contributed by atoms with Crippen LogP contribution in [0.4, 0.5) is 20.3 Å². The van der Waals surface area contributed by atoms with Crippen LogP contribution in [0.5, 0.6) is 0 Å². The number of nitrogens with one attached hydrogen (secondary N) is 2. The summed E-state index contributed by atoms with van der Waals surface area (Å²) >= 11 is 0. The van der Waals surface area contributed by atoms with Crippen molar-refractivity contribution < 1.29 is 17.8 Å². The maximum absolute atomic E-state index is 14.5. The van der Waals surface area contributed by atoms with Crippen molar-refractivity contribution in [3.8, 4) is 11.3 Å². The quantitative estimate of drug-likeness (QED) is 0.723. The van der Waals surface area contributed by atoms with Crippen LogP contribution >= 0.6 is 0 Å². The molecule has 1 aromatic carbocycles. The van der Waals surface area contributed by atoms with Crippen LogP contribution in [0.3, 0.4) is 0 Å². The second-order valence-electron chi connectivity index (χ2n) is 5.94. The largest absolute Gasteiger partial charge is 0.364 e. The first-order chi connectivity index (χ1) is 12.7. The lowest BCUT2D eigenvalue weighted by molar-refractivity contribution is 0.389. The number of hydrogen-bond donors (Lipinski definition) is 2. The molecule has 2 aromatic heterocycles. The normalized spacial score (nSPS) is 14.6. The fraction of sp³-hybridized carbons (Fsp3) is 0.294. The highest BCUT2D eigenvalue weighted by atomic mass is 19.1. The van der Waals surface area contributed by atoms with Gasteiger partial charge in [0.25, 0.3) is 0 Å². The summed E-state index contributed by atoms with van der Waals surface area (Å²) < 4.78 is 39.0. The van der Waals surface area contributed by atoms with Crippen molar-refractivity contribution >= 4 is 11.5 Å². The summed E-state index contributed by atoms with van der Waals surface area (Å²) in [5.74, 6) is -0.144. The molecule has 3 aromatic rings. The molecule has 1 aliphatic heterocycles. The first-order valence-electron chi connectivity index (χ1n) is 8.25. The van der Waals surface area contributed by atoms with Gasteiger partial charge in [-0.1, -0.05) is 10.3 Å². The summed E-state index contributed by atoms with van der Waals surface area (Å²) in [7, 11) is 0. The molecule has 9 heteroatoms. The topological polar surface area (TPSA) is 79.4 Å². The van der Waals surface area contributed by atoms with E-state index in [2.05, 4.69) is 20.9 Å². The first kappa shape index (κ1) is 16.5. The van der Waals surface area contributed by atoms with Crippen molar-refractivity contribution in [2.75, 3.05) is 36.4 Å². The summed E-state index contributed by atoms with van der Waals surface area (Å²) in [6.07, 6.45) is 1.44. The summed E-state index contributed by atoms with van der Waals surface area (Å²) in [5, 5.41) is 13.8. The minimum atomic E-state index is -0.604. The van der Waals surface area contributed by atoms with Crippen LogP contribution in [0.1, 0.15) is 5.76 Å². The fourth-order valence-electron chi connectivity index (χ4n) is 2.92. The van der Waals surface area contributed by atoms with Gasteiger partial charge in [-0.2, -0.15) is 0 Å². The number of benzene rings is 1. The second kappa shape index (κ2) is 7.12. The predicted molar refractivity (Wildman–Crippen MR) is 90.8 cm³/mol. The van der Waals surface area contributed by atoms with Crippen molar-refractivity contribution in [3.63, 3.8) is 0 Å². The molecular weight excluding hydrogens is 344 g/mol. The second-order valence-corrected chi connectivity index (χ2v) is 5.94. The molecule has 3 heterocycles. The fourth-order valence-corrected chi connectivity index (χ4v) is 2.92. The Kier molecular flexibility index (Phi) is 4.53. The average Bonchev–Trinajstić information content (AvgIpc) is 3.32. The molecule has 7 nitrogen and oxygen atoms in total. The van der Waals surface area contributed by atoms with E-state index in [0.29, 0.717) is 55.6 Å². The van der Waals surface area contributed by atoms with Crippen molar-refractivity contribution in [2.24, 2.45) is 0 Å². The van der Waals surface area contributed by atoms with Gasteiger partial charge in [-0.25, -0.2) is 8.78 Å². The average molecular weight is 361 g/mol. The van der Waals surface area contributed by atoms with E-state index in [1.165, 1.54) is 18.4 Å². The highest BCUT2D eigenvalue weighted by Gasteiger charge is 2.21. The lowest BCUT2D eigenvalue weighted by Gasteiger charge is -2.30. The van der Waals surface area contributed by atoms with E-state index in [-0.39, 0.29) is 5.69 Å². The van der Waals surface area contributed by atoms with E-state index in [1.54, 1.807) is 17.0 Å². The number of halogens is 2. The summed E-state index contributed by atoms with van der Waals surface area (Å²) in [5.41, 5.74) is 0.702. The maximum Gasteiger partial charge on any atom is 0.169 e.